The number of likely N-dealkylation sites (tertiary alicyclic amines) is 2. The van der Waals surface area contributed by atoms with Crippen LogP contribution in [0.5, 0.6) is 0 Å². The van der Waals surface area contributed by atoms with Gasteiger partial charge < -0.3 is 19.3 Å². The largest absolute Gasteiger partial charge is 0.457 e. The number of carbonyl (C=O) groups is 3. The quantitative estimate of drug-likeness (QED) is 0.181. The van der Waals surface area contributed by atoms with Crippen molar-refractivity contribution in [3.8, 4) is 34.0 Å². The molecule has 3 aromatic carbocycles. The number of carbonyl (C=O) groups excluding carboxylic acids is 3. The molecule has 0 bridgehead atoms. The highest BCUT2D eigenvalue weighted by Gasteiger charge is 2.52. The molecule has 11 heteroatoms. The average Bonchev–Trinajstić information content (AvgIpc) is 3.77. The second-order valence-electron chi connectivity index (χ2n) is 14.0. The van der Waals surface area contributed by atoms with Crippen molar-refractivity contribution >= 4 is 17.7 Å². The Morgan fingerprint density at radius 2 is 1.65 bits per heavy atom. The third kappa shape index (κ3) is 7.47. The Kier molecular flexibility index (Phi) is 9.76. The zero-order valence-corrected chi connectivity index (χ0v) is 28.0. The molecule has 1 aromatic heterocycles. The maximum Gasteiger partial charge on any atom is 0.322 e. The molecule has 1 N–H and O–H groups in total. The Labute approximate surface area is 284 Å². The number of ether oxygens (including phenoxy) is 1. The number of Topliss-reactive ketones (excluding diaryl/α,β-unsaturated/α-hetero) is 1. The predicted molar refractivity (Wildman–Crippen MR) is 180 cm³/mol. The van der Waals surface area contributed by atoms with E-state index in [1.165, 1.54) is 6.07 Å². The summed E-state index contributed by atoms with van der Waals surface area (Å²) in [5, 5.41) is 14.2. The topological polar surface area (TPSA) is 126 Å². The zero-order chi connectivity index (χ0) is 34.8. The van der Waals surface area contributed by atoms with Gasteiger partial charge in [0.2, 0.25) is 11.7 Å². The van der Waals surface area contributed by atoms with Crippen molar-refractivity contribution in [3.05, 3.63) is 84.2 Å². The highest BCUT2D eigenvalue weighted by molar-refractivity contribution is 6.03. The number of halogens is 1. The van der Waals surface area contributed by atoms with Crippen LogP contribution in [-0.2, 0) is 25.7 Å². The number of nitrogens with zero attached hydrogens (tertiary/aromatic N) is 4. The van der Waals surface area contributed by atoms with Gasteiger partial charge in [-0.05, 0) is 42.5 Å². The van der Waals surface area contributed by atoms with E-state index >= 15 is 0 Å². The van der Waals surface area contributed by atoms with Crippen LogP contribution in [-0.4, -0.2) is 81.6 Å². The zero-order valence-electron chi connectivity index (χ0n) is 28.0. The van der Waals surface area contributed by atoms with Crippen molar-refractivity contribution in [2.45, 2.75) is 52.7 Å². The number of benzene rings is 3. The fourth-order valence-corrected chi connectivity index (χ4v) is 6.29. The van der Waals surface area contributed by atoms with Crippen LogP contribution < -0.4 is 0 Å². The van der Waals surface area contributed by atoms with Gasteiger partial charge in [-0.1, -0.05) is 86.6 Å². The maximum absolute atomic E-state index is 14.9. The molecular formula is C38H41FN4O6. The fourth-order valence-electron chi connectivity index (χ4n) is 6.29. The van der Waals surface area contributed by atoms with E-state index in [9.17, 15) is 23.9 Å². The van der Waals surface area contributed by atoms with Crippen molar-refractivity contribution in [3.63, 3.8) is 0 Å². The van der Waals surface area contributed by atoms with Crippen LogP contribution in [0.25, 0.3) is 34.0 Å². The number of aliphatic hydroxyl groups excluding tert-OH is 1. The molecule has 1 atom stereocenters. The molecule has 1 amide bonds. The molecule has 2 fully saturated rings. The number of β-amino-alcohol motifs (C(OH)–C–C–N with tert-alkyl or cyclic N) is 1. The first kappa shape index (κ1) is 34.1. The Hall–Kier alpha value is -4.74. The smallest absolute Gasteiger partial charge is 0.322 e. The third-order valence-corrected chi connectivity index (χ3v) is 9.48. The molecule has 49 heavy (non-hydrogen) atoms. The van der Waals surface area contributed by atoms with Gasteiger partial charge in [-0.15, -0.1) is 0 Å². The van der Waals surface area contributed by atoms with Gasteiger partial charge in [0.1, 0.15) is 11.2 Å². The molecule has 0 saturated carbocycles. The second kappa shape index (κ2) is 14.0. The van der Waals surface area contributed by atoms with E-state index in [0.717, 1.165) is 16.7 Å². The van der Waals surface area contributed by atoms with Crippen LogP contribution >= 0.6 is 0 Å². The fraction of sp³-hybridized carbons (Fsp3) is 0.395. The molecule has 0 radical (unpaired) electrons. The second-order valence-corrected chi connectivity index (χ2v) is 14.0. The Bertz CT molecular complexity index is 1810. The van der Waals surface area contributed by atoms with Crippen molar-refractivity contribution < 1.29 is 33.1 Å². The highest BCUT2D eigenvalue weighted by Crippen LogP contribution is 2.37. The Morgan fingerprint density at radius 3 is 2.29 bits per heavy atom. The van der Waals surface area contributed by atoms with Crippen LogP contribution in [0, 0.1) is 16.6 Å². The number of aliphatic hydroxyl groups is 1. The van der Waals surface area contributed by atoms with Crippen LogP contribution in [0.4, 0.5) is 4.39 Å². The van der Waals surface area contributed by atoms with Crippen LogP contribution in [0.15, 0.2) is 77.3 Å². The molecular weight excluding hydrogens is 627 g/mol. The Morgan fingerprint density at radius 1 is 0.959 bits per heavy atom. The van der Waals surface area contributed by atoms with Crippen molar-refractivity contribution in [1.29, 1.82) is 0 Å². The summed E-state index contributed by atoms with van der Waals surface area (Å²) in [7, 11) is 0. The van der Waals surface area contributed by atoms with E-state index in [1.54, 1.807) is 37.8 Å². The van der Waals surface area contributed by atoms with Gasteiger partial charge in [-0.3, -0.25) is 19.3 Å². The van der Waals surface area contributed by atoms with Gasteiger partial charge in [0.15, 0.2) is 12.4 Å². The summed E-state index contributed by atoms with van der Waals surface area (Å²) in [5.74, 6) is -1.01. The summed E-state index contributed by atoms with van der Waals surface area (Å²) in [6.45, 7) is 7.00. The summed E-state index contributed by atoms with van der Waals surface area (Å²) in [4.78, 5) is 48.0. The molecule has 0 spiro atoms. The highest BCUT2D eigenvalue weighted by atomic mass is 19.1. The molecule has 4 aromatic rings. The van der Waals surface area contributed by atoms with Gasteiger partial charge >= 0.3 is 5.97 Å². The SMILES string of the molecule is CC(C)(C)C(=O)COC(=O)C1(C(=O)N2CCC(O)C2)CCN(Cc2ccc(-c3noc(-c4ccc(-c5ccccc5)c(F)c4)n3)cc2)CC1. The number of hydrogen-bond donors (Lipinski definition) is 1. The van der Waals surface area contributed by atoms with E-state index < -0.39 is 22.9 Å². The van der Waals surface area contributed by atoms with Gasteiger partial charge in [-0.2, -0.15) is 4.98 Å². The molecule has 2 aliphatic heterocycles. The summed E-state index contributed by atoms with van der Waals surface area (Å²) >= 11 is 0. The monoisotopic (exact) mass is 668 g/mol. The standard InChI is InChI=1S/C38H41FN4O6/c1-37(2,3)32(45)24-48-36(47)38(35(46)43-18-15-29(44)23-43)16-19-42(20-17-38)22-25-9-11-27(12-10-25)33-40-34(49-41-33)28-13-14-30(31(39)21-28)26-7-5-4-6-8-26/h4-14,21,29,44H,15-20,22-24H2,1-3H3. The van der Waals surface area contributed by atoms with E-state index in [1.807, 2.05) is 54.6 Å². The minimum atomic E-state index is -1.40. The normalized spacial score (nSPS) is 18.0. The van der Waals surface area contributed by atoms with E-state index in [4.69, 9.17) is 9.26 Å². The summed E-state index contributed by atoms with van der Waals surface area (Å²) in [5.41, 5.74) is 1.45. The Balaban J connectivity index is 1.09. The molecule has 10 nitrogen and oxygen atoms in total. The van der Waals surface area contributed by atoms with E-state index in [0.29, 0.717) is 49.6 Å². The minimum absolute atomic E-state index is 0.185. The van der Waals surface area contributed by atoms with Crippen LogP contribution in [0.2, 0.25) is 0 Å². The lowest BCUT2D eigenvalue weighted by Crippen LogP contribution is -2.54. The number of piperidine rings is 1. The van der Waals surface area contributed by atoms with Gasteiger partial charge in [0.05, 0.1) is 6.10 Å². The first-order chi connectivity index (χ1) is 23.4. The van der Waals surface area contributed by atoms with E-state index in [2.05, 4.69) is 15.0 Å². The molecule has 6 rings (SSSR count). The molecule has 2 saturated heterocycles. The first-order valence-electron chi connectivity index (χ1n) is 16.6. The number of amides is 1. The molecule has 0 aliphatic carbocycles. The van der Waals surface area contributed by atoms with Gasteiger partial charge in [-0.25, -0.2) is 4.39 Å². The number of ketones is 1. The van der Waals surface area contributed by atoms with E-state index in [-0.39, 0.29) is 49.4 Å². The maximum atomic E-state index is 14.9. The molecule has 1 unspecified atom stereocenters. The minimum Gasteiger partial charge on any atom is -0.457 e. The summed E-state index contributed by atoms with van der Waals surface area (Å²) in [6.07, 6.45) is 0.346. The number of rotatable bonds is 9. The summed E-state index contributed by atoms with van der Waals surface area (Å²) in [6, 6.07) is 21.9. The van der Waals surface area contributed by atoms with Crippen molar-refractivity contribution in [2.75, 3.05) is 32.8 Å². The van der Waals surface area contributed by atoms with Gasteiger partial charge in [0, 0.05) is 54.8 Å². The third-order valence-electron chi connectivity index (χ3n) is 9.48. The lowest BCUT2D eigenvalue weighted by Gasteiger charge is -2.40. The summed E-state index contributed by atoms with van der Waals surface area (Å²) < 4.78 is 25.9. The number of hydrogen-bond acceptors (Lipinski definition) is 9. The molecule has 256 valence electrons. The lowest BCUT2D eigenvalue weighted by atomic mass is 9.76. The molecule has 2 aliphatic rings. The molecule has 3 heterocycles. The number of esters is 1. The van der Waals surface area contributed by atoms with Crippen LogP contribution in [0.3, 0.4) is 0 Å². The lowest BCUT2D eigenvalue weighted by molar-refractivity contribution is -0.171. The predicted octanol–water partition coefficient (Wildman–Crippen LogP) is 5.54. The van der Waals surface area contributed by atoms with Crippen LogP contribution in [0.1, 0.15) is 45.6 Å². The first-order valence-corrected chi connectivity index (χ1v) is 16.6. The van der Waals surface area contributed by atoms with Crippen molar-refractivity contribution in [2.24, 2.45) is 10.8 Å². The number of aromatic nitrogens is 2. The van der Waals surface area contributed by atoms with Gasteiger partial charge in [0.25, 0.3) is 5.89 Å². The van der Waals surface area contributed by atoms with Crippen molar-refractivity contribution in [1.82, 2.24) is 19.9 Å². The average molecular weight is 669 g/mol.